The van der Waals surface area contributed by atoms with Crippen LogP contribution < -0.4 is 5.32 Å². The Bertz CT molecular complexity index is 1090. The zero-order valence-electron chi connectivity index (χ0n) is 25.0. The molecule has 0 saturated heterocycles. The third kappa shape index (κ3) is 9.64. The van der Waals surface area contributed by atoms with Crippen molar-refractivity contribution < 1.29 is 14.7 Å². The molecule has 2 aromatic carbocycles. The molecule has 6 nitrogen and oxygen atoms in total. The lowest BCUT2D eigenvalue weighted by Crippen LogP contribution is -2.41. The standard InChI is InChI=1S/C33H49N3O3S/c1-5-6-20-35(3)36(21-18-26-13-8-7-9-14-26)24-27-16-17-29(30(23-27)28-15-11-10-12-25(28)2)32(37)34-31(33(38)39)19-22-40-4/h10-12,15-17,23,26,31H,5-9,13-14,18-22,24H2,1-4H3,(H,34,37)(H,38,39)/t31-/m0/s1. The van der Waals surface area contributed by atoms with E-state index in [2.05, 4.69) is 48.4 Å². The number of hydrazine groups is 1. The lowest BCUT2D eigenvalue weighted by Gasteiger charge is -2.34. The highest BCUT2D eigenvalue weighted by Crippen LogP contribution is 2.30. The minimum absolute atomic E-state index is 0.340. The summed E-state index contributed by atoms with van der Waals surface area (Å²) in [5.74, 6) is 0.147. The zero-order chi connectivity index (χ0) is 28.9. The van der Waals surface area contributed by atoms with Gasteiger partial charge in [-0.05, 0) is 78.5 Å². The molecule has 1 saturated carbocycles. The number of unbranched alkanes of at least 4 members (excludes halogenated alkanes) is 1. The van der Waals surface area contributed by atoms with Gasteiger partial charge in [-0.2, -0.15) is 11.8 Å². The lowest BCUT2D eigenvalue weighted by molar-refractivity contribution is -0.139. The summed E-state index contributed by atoms with van der Waals surface area (Å²) in [5.41, 5.74) is 4.60. The van der Waals surface area contributed by atoms with E-state index in [1.165, 1.54) is 38.5 Å². The van der Waals surface area contributed by atoms with E-state index in [1.54, 1.807) is 11.8 Å². The summed E-state index contributed by atoms with van der Waals surface area (Å²) in [4.78, 5) is 25.3. The number of aryl methyl sites for hydroxylation is 1. The Morgan fingerprint density at radius 1 is 1.07 bits per heavy atom. The second-order valence-corrected chi connectivity index (χ2v) is 12.2. The molecule has 3 rings (SSSR count). The molecule has 0 radical (unpaired) electrons. The highest BCUT2D eigenvalue weighted by molar-refractivity contribution is 7.98. The van der Waals surface area contributed by atoms with Gasteiger partial charge in [0, 0.05) is 32.2 Å². The molecule has 0 unspecified atom stereocenters. The van der Waals surface area contributed by atoms with Crippen LogP contribution in [0.25, 0.3) is 11.1 Å². The van der Waals surface area contributed by atoms with Crippen LogP contribution in [0.15, 0.2) is 42.5 Å². The molecule has 1 amide bonds. The minimum atomic E-state index is -1.000. The zero-order valence-corrected chi connectivity index (χ0v) is 25.8. The van der Waals surface area contributed by atoms with Gasteiger partial charge in [0.15, 0.2) is 0 Å². The fourth-order valence-electron chi connectivity index (χ4n) is 5.63. The maximum atomic E-state index is 13.5. The van der Waals surface area contributed by atoms with Crippen molar-refractivity contribution in [2.75, 3.05) is 32.1 Å². The van der Waals surface area contributed by atoms with Gasteiger partial charge in [-0.3, -0.25) is 4.79 Å². The van der Waals surface area contributed by atoms with Crippen molar-refractivity contribution in [3.8, 4) is 11.1 Å². The van der Waals surface area contributed by atoms with E-state index in [0.717, 1.165) is 60.6 Å². The second-order valence-electron chi connectivity index (χ2n) is 11.3. The Morgan fingerprint density at radius 3 is 2.50 bits per heavy atom. The van der Waals surface area contributed by atoms with Crippen LogP contribution in [0.5, 0.6) is 0 Å². The highest BCUT2D eigenvalue weighted by Gasteiger charge is 2.24. The predicted octanol–water partition coefficient (Wildman–Crippen LogP) is 7.02. The summed E-state index contributed by atoms with van der Waals surface area (Å²) in [5, 5.41) is 17.3. The molecule has 1 fully saturated rings. The number of hydrogen-bond donors (Lipinski definition) is 2. The maximum absolute atomic E-state index is 13.5. The predicted molar refractivity (Wildman–Crippen MR) is 168 cm³/mol. The number of hydrogen-bond acceptors (Lipinski definition) is 5. The second kappa shape index (κ2) is 16.8. The number of nitrogens with one attached hydrogen (secondary N) is 1. The van der Waals surface area contributed by atoms with Crippen LogP contribution in [0.4, 0.5) is 0 Å². The Kier molecular flexibility index (Phi) is 13.5. The van der Waals surface area contributed by atoms with Crippen LogP contribution in [-0.2, 0) is 11.3 Å². The molecule has 0 aromatic heterocycles. The smallest absolute Gasteiger partial charge is 0.326 e. The van der Waals surface area contributed by atoms with Crippen molar-refractivity contribution in [1.29, 1.82) is 0 Å². The largest absolute Gasteiger partial charge is 0.480 e. The molecule has 1 aliphatic rings. The number of carboxylic acid groups (broad SMARTS) is 1. The molecule has 220 valence electrons. The molecule has 0 heterocycles. The first-order valence-electron chi connectivity index (χ1n) is 15.0. The SMILES string of the molecule is CCCCN(C)N(CCC1CCCCC1)Cc1ccc(C(=O)N[C@@H](CCSC)C(=O)O)c(-c2ccccc2C)c1. The molecule has 0 spiro atoms. The first kappa shape index (κ1) is 32.2. The fourth-order valence-corrected chi connectivity index (χ4v) is 6.10. The Balaban J connectivity index is 1.89. The molecule has 40 heavy (non-hydrogen) atoms. The normalized spacial score (nSPS) is 14.9. The number of nitrogens with zero attached hydrogens (tertiary/aromatic N) is 2. The number of carbonyl (C=O) groups excluding carboxylic acids is 1. The van der Waals surface area contributed by atoms with E-state index in [-0.39, 0.29) is 5.91 Å². The van der Waals surface area contributed by atoms with E-state index >= 15 is 0 Å². The summed E-state index contributed by atoms with van der Waals surface area (Å²) in [7, 11) is 2.20. The first-order chi connectivity index (χ1) is 19.3. The van der Waals surface area contributed by atoms with Crippen molar-refractivity contribution in [2.45, 2.75) is 84.2 Å². The molecule has 1 aliphatic carbocycles. The van der Waals surface area contributed by atoms with Crippen molar-refractivity contribution in [2.24, 2.45) is 5.92 Å². The van der Waals surface area contributed by atoms with Crippen LogP contribution in [0, 0.1) is 12.8 Å². The summed E-state index contributed by atoms with van der Waals surface area (Å²) in [6.07, 6.45) is 12.7. The van der Waals surface area contributed by atoms with Gasteiger partial charge in [0.2, 0.25) is 0 Å². The van der Waals surface area contributed by atoms with Gasteiger partial charge < -0.3 is 10.4 Å². The number of benzene rings is 2. The molecular formula is C33H49N3O3S. The molecule has 0 bridgehead atoms. The van der Waals surface area contributed by atoms with Crippen LogP contribution in [0.1, 0.15) is 86.2 Å². The Labute approximate surface area is 245 Å². The topological polar surface area (TPSA) is 72.9 Å². The lowest BCUT2D eigenvalue weighted by atomic mass is 9.87. The monoisotopic (exact) mass is 567 g/mol. The summed E-state index contributed by atoms with van der Waals surface area (Å²) in [6.45, 7) is 7.12. The number of thioether (sulfide) groups is 1. The number of aliphatic carboxylic acids is 1. The quantitative estimate of drug-likeness (QED) is 0.213. The van der Waals surface area contributed by atoms with Gasteiger partial charge in [0.25, 0.3) is 5.91 Å². The summed E-state index contributed by atoms with van der Waals surface area (Å²) >= 11 is 1.58. The summed E-state index contributed by atoms with van der Waals surface area (Å²) in [6, 6.07) is 13.2. The number of carboxylic acids is 1. The van der Waals surface area contributed by atoms with Crippen LogP contribution >= 0.6 is 11.8 Å². The third-order valence-electron chi connectivity index (χ3n) is 8.18. The van der Waals surface area contributed by atoms with Crippen molar-refractivity contribution in [3.05, 3.63) is 59.2 Å². The van der Waals surface area contributed by atoms with Crippen LogP contribution in [-0.4, -0.2) is 65.2 Å². The van der Waals surface area contributed by atoms with Gasteiger partial charge in [-0.25, -0.2) is 14.8 Å². The van der Waals surface area contributed by atoms with Crippen molar-refractivity contribution in [3.63, 3.8) is 0 Å². The van der Waals surface area contributed by atoms with E-state index in [9.17, 15) is 14.7 Å². The molecule has 1 atom stereocenters. The molecule has 2 aromatic rings. The fraction of sp³-hybridized carbons (Fsp3) is 0.576. The van der Waals surface area contributed by atoms with Gasteiger partial charge in [0.05, 0.1) is 0 Å². The van der Waals surface area contributed by atoms with Crippen molar-refractivity contribution in [1.82, 2.24) is 15.3 Å². The highest BCUT2D eigenvalue weighted by atomic mass is 32.2. The molecule has 2 N–H and O–H groups in total. The Hall–Kier alpha value is -2.35. The number of amides is 1. The number of rotatable bonds is 16. The van der Waals surface area contributed by atoms with E-state index in [0.29, 0.717) is 17.7 Å². The molecular weight excluding hydrogens is 518 g/mol. The maximum Gasteiger partial charge on any atom is 0.326 e. The van der Waals surface area contributed by atoms with Gasteiger partial charge >= 0.3 is 5.97 Å². The van der Waals surface area contributed by atoms with E-state index in [4.69, 9.17) is 0 Å². The van der Waals surface area contributed by atoms with Gasteiger partial charge in [-0.1, -0.05) is 75.8 Å². The average Bonchev–Trinajstić information content (AvgIpc) is 2.96. The Morgan fingerprint density at radius 2 is 1.82 bits per heavy atom. The molecule has 7 heteroatoms. The third-order valence-corrected chi connectivity index (χ3v) is 8.83. The van der Waals surface area contributed by atoms with Crippen molar-refractivity contribution >= 4 is 23.6 Å². The average molecular weight is 568 g/mol. The van der Waals surface area contributed by atoms with Gasteiger partial charge in [0.1, 0.15) is 6.04 Å². The van der Waals surface area contributed by atoms with E-state index < -0.39 is 12.0 Å². The van der Waals surface area contributed by atoms with Crippen LogP contribution in [0.3, 0.4) is 0 Å². The molecule has 0 aliphatic heterocycles. The first-order valence-corrected chi connectivity index (χ1v) is 16.4. The van der Waals surface area contributed by atoms with Gasteiger partial charge in [-0.15, -0.1) is 0 Å². The summed E-state index contributed by atoms with van der Waals surface area (Å²) < 4.78 is 0. The van der Waals surface area contributed by atoms with Crippen LogP contribution in [0.2, 0.25) is 0 Å². The van der Waals surface area contributed by atoms with E-state index in [1.807, 2.05) is 36.6 Å². The minimum Gasteiger partial charge on any atom is -0.480 e. The number of carbonyl (C=O) groups is 2.